The maximum Gasteiger partial charge on any atom is 0.149 e. The Morgan fingerprint density at radius 1 is 0.946 bits per heavy atom. The smallest absolute Gasteiger partial charge is 0.149 e. The first-order valence-corrected chi connectivity index (χ1v) is 12.8. The summed E-state index contributed by atoms with van der Waals surface area (Å²) in [6.07, 6.45) is 5.94. The van der Waals surface area contributed by atoms with Gasteiger partial charge in [0.1, 0.15) is 17.6 Å². The number of aliphatic imine (C=N–C) groups is 1. The lowest BCUT2D eigenvalue weighted by molar-refractivity contribution is 0.371. The number of nitrogens with zero attached hydrogens (tertiary/aromatic N) is 3. The molecule has 178 valence electrons. The Morgan fingerprint density at radius 2 is 1.76 bits per heavy atom. The monoisotopic (exact) mass is 479 g/mol. The number of dihydropyridines is 1. The maximum absolute atomic E-state index is 10.0. The number of hydrogen-bond acceptors (Lipinski definition) is 4. The van der Waals surface area contributed by atoms with Gasteiger partial charge in [-0.2, -0.15) is 5.26 Å². The number of ether oxygens (including phenoxy) is 1. The van der Waals surface area contributed by atoms with Gasteiger partial charge in [-0.1, -0.05) is 67.6 Å². The molecule has 0 spiro atoms. The highest BCUT2D eigenvalue weighted by Gasteiger charge is 2.46. The predicted octanol–water partition coefficient (Wildman–Crippen LogP) is 7.40. The summed E-state index contributed by atoms with van der Waals surface area (Å²) < 4.78 is 6.48. The topological polar surface area (TPSA) is 58.3 Å². The number of hydrogen-bond donors (Lipinski definition) is 0. The average Bonchev–Trinajstić information content (AvgIpc) is 3.09. The summed E-state index contributed by atoms with van der Waals surface area (Å²) in [5, 5.41) is 10.0. The second-order valence-electron chi connectivity index (χ2n) is 10.2. The first-order chi connectivity index (χ1) is 18.2. The van der Waals surface area contributed by atoms with Crippen molar-refractivity contribution < 1.29 is 4.74 Å². The molecular weight excluding hydrogens is 454 g/mol. The highest BCUT2D eigenvalue weighted by molar-refractivity contribution is 6.12. The van der Waals surface area contributed by atoms with Gasteiger partial charge < -0.3 is 4.74 Å². The van der Waals surface area contributed by atoms with Gasteiger partial charge in [-0.3, -0.25) is 9.98 Å². The van der Waals surface area contributed by atoms with Crippen LogP contribution in [0.3, 0.4) is 0 Å². The number of rotatable bonds is 2. The van der Waals surface area contributed by atoms with E-state index in [9.17, 15) is 5.26 Å². The fourth-order valence-corrected chi connectivity index (χ4v) is 6.43. The molecule has 3 aromatic carbocycles. The zero-order chi connectivity index (χ0) is 25.0. The Bertz CT molecular complexity index is 1630. The van der Waals surface area contributed by atoms with Crippen molar-refractivity contribution in [3.63, 3.8) is 0 Å². The molecule has 0 saturated heterocycles. The van der Waals surface area contributed by atoms with E-state index in [0.717, 1.165) is 41.1 Å². The summed E-state index contributed by atoms with van der Waals surface area (Å²) in [7, 11) is 0. The van der Waals surface area contributed by atoms with Crippen LogP contribution >= 0.6 is 0 Å². The second kappa shape index (κ2) is 8.28. The van der Waals surface area contributed by atoms with Gasteiger partial charge in [0.05, 0.1) is 23.0 Å². The quantitative estimate of drug-likeness (QED) is 0.301. The molecule has 1 aliphatic carbocycles. The van der Waals surface area contributed by atoms with Gasteiger partial charge in [0.15, 0.2) is 0 Å². The van der Waals surface area contributed by atoms with Crippen LogP contribution in [0, 0.1) is 17.2 Å². The summed E-state index contributed by atoms with van der Waals surface area (Å²) in [6, 6.07) is 31.2. The third kappa shape index (κ3) is 3.28. The van der Waals surface area contributed by atoms with E-state index in [-0.39, 0.29) is 17.4 Å². The van der Waals surface area contributed by atoms with Gasteiger partial charge in [-0.05, 0) is 59.9 Å². The summed E-state index contributed by atoms with van der Waals surface area (Å²) >= 11 is 0. The largest absolute Gasteiger partial charge is 0.455 e. The molecule has 4 nitrogen and oxygen atoms in total. The molecule has 0 radical (unpaired) electrons. The minimum atomic E-state index is -0.281. The minimum Gasteiger partial charge on any atom is -0.455 e. The van der Waals surface area contributed by atoms with Crippen LogP contribution in [0.25, 0.3) is 5.57 Å². The Balaban J connectivity index is 1.51. The van der Waals surface area contributed by atoms with E-state index in [1.54, 1.807) is 0 Å². The number of fused-ring (bicyclic) bond motifs is 4. The van der Waals surface area contributed by atoms with E-state index >= 15 is 0 Å². The number of allylic oxidation sites excluding steroid dienone is 1. The highest BCUT2D eigenvalue weighted by Crippen LogP contribution is 2.58. The standard InChI is InChI=1S/C33H25N3O/c1-33-17-16-24-25(19-28(27-12-7-8-18-35-27)36-31(24)21-9-3-2-4-10-21)23-15-14-22(20-34)32(30(23)33)37-29-13-6-5-11-26(29)33/h2-15,18-19,24,31H,16-17H2,1H3. The van der Waals surface area contributed by atoms with Crippen LogP contribution in [0.1, 0.15) is 59.3 Å². The molecule has 37 heavy (non-hydrogen) atoms. The van der Waals surface area contributed by atoms with E-state index in [1.807, 2.05) is 42.6 Å². The van der Waals surface area contributed by atoms with Crippen LogP contribution in [0.5, 0.6) is 11.5 Å². The number of nitriles is 1. The van der Waals surface area contributed by atoms with E-state index in [0.29, 0.717) is 11.3 Å². The second-order valence-corrected chi connectivity index (χ2v) is 10.2. The van der Waals surface area contributed by atoms with Gasteiger partial charge >= 0.3 is 0 Å². The Labute approximate surface area is 216 Å². The van der Waals surface area contributed by atoms with Gasteiger partial charge in [0.2, 0.25) is 0 Å². The average molecular weight is 480 g/mol. The molecule has 2 aliphatic heterocycles. The summed E-state index contributed by atoms with van der Waals surface area (Å²) in [6.45, 7) is 2.31. The Kier molecular flexibility index (Phi) is 4.87. The van der Waals surface area contributed by atoms with Crippen LogP contribution < -0.4 is 4.74 Å². The summed E-state index contributed by atoms with van der Waals surface area (Å²) in [5.74, 6) is 1.73. The van der Waals surface area contributed by atoms with E-state index in [2.05, 4.69) is 72.6 Å². The third-order valence-electron chi connectivity index (χ3n) is 8.21. The van der Waals surface area contributed by atoms with Crippen molar-refractivity contribution in [1.29, 1.82) is 5.26 Å². The Hall–Kier alpha value is -4.49. The van der Waals surface area contributed by atoms with Crippen LogP contribution in [-0.2, 0) is 5.41 Å². The Morgan fingerprint density at radius 3 is 2.57 bits per heavy atom. The van der Waals surface area contributed by atoms with Gasteiger partial charge in [-0.15, -0.1) is 0 Å². The predicted molar refractivity (Wildman–Crippen MR) is 145 cm³/mol. The number of aromatic nitrogens is 1. The third-order valence-corrected chi connectivity index (χ3v) is 8.21. The summed E-state index contributed by atoms with van der Waals surface area (Å²) in [5.41, 5.74) is 7.95. The lowest BCUT2D eigenvalue weighted by Crippen LogP contribution is -2.29. The van der Waals surface area contributed by atoms with Crippen LogP contribution in [-0.4, -0.2) is 10.7 Å². The molecule has 3 aliphatic rings. The highest BCUT2D eigenvalue weighted by atomic mass is 16.5. The van der Waals surface area contributed by atoms with Crippen molar-refractivity contribution in [2.24, 2.45) is 10.9 Å². The van der Waals surface area contributed by atoms with Crippen molar-refractivity contribution in [1.82, 2.24) is 4.98 Å². The van der Waals surface area contributed by atoms with Crippen molar-refractivity contribution >= 4 is 11.3 Å². The molecule has 1 aromatic heterocycles. The van der Waals surface area contributed by atoms with Gasteiger partial charge in [0, 0.05) is 28.7 Å². The fourth-order valence-electron chi connectivity index (χ4n) is 6.43. The number of para-hydroxylation sites is 1. The maximum atomic E-state index is 10.0. The van der Waals surface area contributed by atoms with Crippen LogP contribution in [0.4, 0.5) is 0 Å². The molecule has 0 bridgehead atoms. The molecule has 4 heteroatoms. The molecule has 0 saturated carbocycles. The van der Waals surface area contributed by atoms with Gasteiger partial charge in [0.25, 0.3) is 0 Å². The number of pyridine rings is 1. The minimum absolute atomic E-state index is 0.0237. The molecule has 0 fully saturated rings. The first-order valence-electron chi connectivity index (χ1n) is 12.8. The molecule has 0 amide bonds. The fraction of sp³-hybridized carbons (Fsp3) is 0.182. The zero-order valence-electron chi connectivity index (χ0n) is 20.6. The van der Waals surface area contributed by atoms with Crippen LogP contribution in [0.15, 0.2) is 102 Å². The van der Waals surface area contributed by atoms with Crippen molar-refractivity contribution in [3.8, 4) is 17.6 Å². The van der Waals surface area contributed by atoms with E-state index in [1.165, 1.54) is 16.7 Å². The summed E-state index contributed by atoms with van der Waals surface area (Å²) in [4.78, 5) is 9.94. The first kappa shape index (κ1) is 21.8. The van der Waals surface area contributed by atoms with Crippen LogP contribution in [0.2, 0.25) is 0 Å². The van der Waals surface area contributed by atoms with Crippen molar-refractivity contribution in [3.05, 3.63) is 131 Å². The lowest BCUT2D eigenvalue weighted by atomic mass is 9.70. The number of benzene rings is 3. The molecular formula is C33H25N3O. The van der Waals surface area contributed by atoms with Gasteiger partial charge in [-0.25, -0.2) is 0 Å². The molecule has 4 aromatic rings. The normalized spacial score (nSPS) is 23.1. The molecule has 7 rings (SSSR count). The zero-order valence-corrected chi connectivity index (χ0v) is 20.6. The SMILES string of the molecule is CC12CCC3C(=CC(c4ccccn4)=NC3c3ccccc3)c3ccc(C#N)c(c31)Oc1ccccc12. The molecule has 3 heterocycles. The van der Waals surface area contributed by atoms with Crippen molar-refractivity contribution in [2.75, 3.05) is 0 Å². The molecule has 3 atom stereocenters. The van der Waals surface area contributed by atoms with Crippen molar-refractivity contribution in [2.45, 2.75) is 31.2 Å². The van der Waals surface area contributed by atoms with E-state index in [4.69, 9.17) is 9.73 Å². The van der Waals surface area contributed by atoms with E-state index < -0.39 is 0 Å². The lowest BCUT2D eigenvalue weighted by Gasteiger charge is -2.38. The molecule has 3 unspecified atom stereocenters. The molecule has 0 N–H and O–H groups in total.